The zero-order chi connectivity index (χ0) is 16.8. The SMILES string of the molecule is CCOC(=O)C(C)(Cc1ccc(OC)c(F)c1)C(=O)OCC. The van der Waals surface area contributed by atoms with Gasteiger partial charge in [-0.2, -0.15) is 0 Å². The average molecular weight is 312 g/mol. The Morgan fingerprint density at radius 3 is 2.09 bits per heavy atom. The first-order valence-corrected chi connectivity index (χ1v) is 7.05. The Bertz CT molecular complexity index is 523. The van der Waals surface area contributed by atoms with Crippen LogP contribution in [0, 0.1) is 11.2 Å². The monoisotopic (exact) mass is 312 g/mol. The van der Waals surface area contributed by atoms with Crippen molar-refractivity contribution in [1.29, 1.82) is 0 Å². The van der Waals surface area contributed by atoms with Crippen molar-refractivity contribution in [2.24, 2.45) is 5.41 Å². The Hall–Kier alpha value is -2.11. The van der Waals surface area contributed by atoms with Gasteiger partial charge in [0.1, 0.15) is 0 Å². The molecule has 0 saturated carbocycles. The van der Waals surface area contributed by atoms with Gasteiger partial charge in [-0.25, -0.2) is 4.39 Å². The lowest BCUT2D eigenvalue weighted by atomic mass is 9.83. The largest absolute Gasteiger partial charge is 0.494 e. The van der Waals surface area contributed by atoms with Crippen LogP contribution in [0.3, 0.4) is 0 Å². The summed E-state index contributed by atoms with van der Waals surface area (Å²) in [6.07, 6.45) is -0.0222. The Morgan fingerprint density at radius 1 is 1.14 bits per heavy atom. The highest BCUT2D eigenvalue weighted by Crippen LogP contribution is 2.28. The van der Waals surface area contributed by atoms with E-state index >= 15 is 0 Å². The third-order valence-electron chi connectivity index (χ3n) is 3.23. The summed E-state index contributed by atoms with van der Waals surface area (Å²) in [4.78, 5) is 24.3. The molecule has 0 spiro atoms. The summed E-state index contributed by atoms with van der Waals surface area (Å²) in [5, 5.41) is 0. The second-order valence-electron chi connectivity index (χ2n) is 4.92. The van der Waals surface area contributed by atoms with Crippen molar-refractivity contribution in [3.8, 4) is 5.75 Å². The number of carbonyl (C=O) groups is 2. The summed E-state index contributed by atoms with van der Waals surface area (Å²) in [7, 11) is 1.36. The normalized spacial score (nSPS) is 11.0. The quantitative estimate of drug-likeness (QED) is 0.572. The van der Waals surface area contributed by atoms with Crippen molar-refractivity contribution >= 4 is 11.9 Å². The van der Waals surface area contributed by atoms with Gasteiger partial charge < -0.3 is 14.2 Å². The number of benzene rings is 1. The number of carbonyl (C=O) groups excluding carboxylic acids is 2. The fraction of sp³-hybridized carbons (Fsp3) is 0.500. The van der Waals surface area contributed by atoms with E-state index in [1.165, 1.54) is 26.2 Å². The number of hydrogen-bond donors (Lipinski definition) is 0. The van der Waals surface area contributed by atoms with Crippen LogP contribution < -0.4 is 4.74 Å². The first kappa shape index (κ1) is 17.9. The lowest BCUT2D eigenvalue weighted by Gasteiger charge is -2.25. The summed E-state index contributed by atoms with van der Waals surface area (Å²) < 4.78 is 28.5. The number of halogens is 1. The van der Waals surface area contributed by atoms with Crippen molar-refractivity contribution in [2.75, 3.05) is 20.3 Å². The molecule has 122 valence electrons. The Balaban J connectivity index is 3.09. The van der Waals surface area contributed by atoms with Crippen LogP contribution in [0.2, 0.25) is 0 Å². The first-order chi connectivity index (χ1) is 10.4. The van der Waals surface area contributed by atoms with E-state index in [2.05, 4.69) is 0 Å². The zero-order valence-corrected chi connectivity index (χ0v) is 13.3. The number of ether oxygens (including phenoxy) is 3. The molecule has 0 radical (unpaired) electrons. The molecule has 0 bridgehead atoms. The number of esters is 2. The molecule has 1 aromatic carbocycles. The molecule has 0 fully saturated rings. The van der Waals surface area contributed by atoms with Gasteiger partial charge in [-0.15, -0.1) is 0 Å². The molecule has 0 atom stereocenters. The summed E-state index contributed by atoms with van der Waals surface area (Å²) in [5.74, 6) is -1.85. The molecule has 0 saturated heterocycles. The highest BCUT2D eigenvalue weighted by molar-refractivity contribution is 5.99. The van der Waals surface area contributed by atoms with E-state index in [1.807, 2.05) is 0 Å². The molecule has 0 N–H and O–H groups in total. The lowest BCUT2D eigenvalue weighted by molar-refractivity contribution is -0.170. The molecule has 0 aromatic heterocycles. The van der Waals surface area contributed by atoms with E-state index in [0.29, 0.717) is 5.56 Å². The second-order valence-corrected chi connectivity index (χ2v) is 4.92. The van der Waals surface area contributed by atoms with Crippen molar-refractivity contribution in [2.45, 2.75) is 27.2 Å². The molecule has 0 unspecified atom stereocenters. The number of methoxy groups -OCH3 is 1. The van der Waals surface area contributed by atoms with Crippen molar-refractivity contribution < 1.29 is 28.2 Å². The topological polar surface area (TPSA) is 61.8 Å². The fourth-order valence-corrected chi connectivity index (χ4v) is 2.04. The third-order valence-corrected chi connectivity index (χ3v) is 3.23. The smallest absolute Gasteiger partial charge is 0.323 e. The van der Waals surface area contributed by atoms with E-state index < -0.39 is 23.2 Å². The maximum absolute atomic E-state index is 13.8. The summed E-state index contributed by atoms with van der Waals surface area (Å²) in [6, 6.07) is 4.27. The Morgan fingerprint density at radius 2 is 1.68 bits per heavy atom. The van der Waals surface area contributed by atoms with Crippen LogP contribution in [0.15, 0.2) is 18.2 Å². The molecule has 0 aliphatic carbocycles. The second kappa shape index (κ2) is 7.77. The van der Waals surface area contributed by atoms with Gasteiger partial charge in [0.15, 0.2) is 17.0 Å². The number of rotatable bonds is 7. The van der Waals surface area contributed by atoms with Gasteiger partial charge in [-0.05, 0) is 44.9 Å². The highest BCUT2D eigenvalue weighted by atomic mass is 19.1. The van der Waals surface area contributed by atoms with E-state index in [1.54, 1.807) is 19.9 Å². The van der Waals surface area contributed by atoms with Crippen LogP contribution in [0.1, 0.15) is 26.3 Å². The molecule has 0 aliphatic rings. The third kappa shape index (κ3) is 3.96. The predicted molar refractivity (Wildman–Crippen MR) is 78.0 cm³/mol. The predicted octanol–water partition coefficient (Wildman–Crippen LogP) is 2.51. The van der Waals surface area contributed by atoms with Crippen molar-refractivity contribution in [3.05, 3.63) is 29.6 Å². The Kier molecular flexibility index (Phi) is 6.34. The van der Waals surface area contributed by atoms with Crippen LogP contribution in [-0.4, -0.2) is 32.3 Å². The number of hydrogen-bond acceptors (Lipinski definition) is 5. The van der Waals surface area contributed by atoms with E-state index in [4.69, 9.17) is 14.2 Å². The van der Waals surface area contributed by atoms with E-state index in [-0.39, 0.29) is 25.4 Å². The van der Waals surface area contributed by atoms with Gasteiger partial charge in [-0.3, -0.25) is 9.59 Å². The molecule has 0 heterocycles. The zero-order valence-electron chi connectivity index (χ0n) is 13.3. The van der Waals surface area contributed by atoms with Crippen LogP contribution in [-0.2, 0) is 25.5 Å². The molecule has 5 nitrogen and oxygen atoms in total. The van der Waals surface area contributed by atoms with Crippen LogP contribution in [0.4, 0.5) is 4.39 Å². The van der Waals surface area contributed by atoms with Crippen LogP contribution >= 0.6 is 0 Å². The molecule has 1 aromatic rings. The van der Waals surface area contributed by atoms with Crippen LogP contribution in [0.5, 0.6) is 5.75 Å². The summed E-state index contributed by atoms with van der Waals surface area (Å²) in [5.41, 5.74) is -1.05. The minimum absolute atomic E-state index is 0.0222. The molecule has 0 amide bonds. The lowest BCUT2D eigenvalue weighted by Crippen LogP contribution is -2.41. The van der Waals surface area contributed by atoms with E-state index in [9.17, 15) is 14.0 Å². The standard InChI is InChI=1S/C16H21FO5/c1-5-21-14(18)16(3,15(19)22-6-2)10-11-7-8-13(20-4)12(17)9-11/h7-9H,5-6,10H2,1-4H3. The minimum atomic E-state index is -1.52. The molecular formula is C16H21FO5. The van der Waals surface area contributed by atoms with Gasteiger partial charge >= 0.3 is 11.9 Å². The van der Waals surface area contributed by atoms with Crippen LogP contribution in [0.25, 0.3) is 0 Å². The molecular weight excluding hydrogens is 291 g/mol. The minimum Gasteiger partial charge on any atom is -0.494 e. The summed E-state index contributed by atoms with van der Waals surface area (Å²) in [6.45, 7) is 5.02. The van der Waals surface area contributed by atoms with Crippen molar-refractivity contribution in [1.82, 2.24) is 0 Å². The molecule has 1 rings (SSSR count). The van der Waals surface area contributed by atoms with Gasteiger partial charge in [0, 0.05) is 0 Å². The molecule has 6 heteroatoms. The maximum Gasteiger partial charge on any atom is 0.323 e. The van der Waals surface area contributed by atoms with E-state index in [0.717, 1.165) is 0 Å². The fourth-order valence-electron chi connectivity index (χ4n) is 2.04. The van der Waals surface area contributed by atoms with Gasteiger partial charge in [-0.1, -0.05) is 6.07 Å². The van der Waals surface area contributed by atoms with Gasteiger partial charge in [0.2, 0.25) is 0 Å². The van der Waals surface area contributed by atoms with Gasteiger partial charge in [0.05, 0.1) is 20.3 Å². The maximum atomic E-state index is 13.8. The average Bonchev–Trinajstić information content (AvgIpc) is 2.47. The van der Waals surface area contributed by atoms with Gasteiger partial charge in [0.25, 0.3) is 0 Å². The summed E-state index contributed by atoms with van der Waals surface area (Å²) >= 11 is 0. The first-order valence-electron chi connectivity index (χ1n) is 7.05. The molecule has 0 aliphatic heterocycles. The van der Waals surface area contributed by atoms with Crippen molar-refractivity contribution in [3.63, 3.8) is 0 Å². The highest BCUT2D eigenvalue weighted by Gasteiger charge is 2.44. The molecule has 22 heavy (non-hydrogen) atoms. The Labute approximate surface area is 129 Å².